The monoisotopic (exact) mass is 208 g/mol. The van der Waals surface area contributed by atoms with Crippen molar-refractivity contribution in [3.63, 3.8) is 0 Å². The van der Waals surface area contributed by atoms with Crippen LogP contribution in [0, 0.1) is 5.92 Å². The highest BCUT2D eigenvalue weighted by molar-refractivity contribution is 5.73. The third-order valence-corrected chi connectivity index (χ3v) is 2.67. The average molecular weight is 208 g/mol. The molecule has 15 heavy (non-hydrogen) atoms. The third kappa shape index (κ3) is 4.19. The van der Waals surface area contributed by atoms with Crippen molar-refractivity contribution >= 4 is 6.03 Å². The molecule has 1 atom stereocenters. The van der Waals surface area contributed by atoms with Gasteiger partial charge in [0.2, 0.25) is 0 Å². The number of hydrogen-bond donors (Lipinski definition) is 1. The molecule has 0 unspecified atom stereocenters. The summed E-state index contributed by atoms with van der Waals surface area (Å²) < 4.78 is 0. The van der Waals surface area contributed by atoms with Crippen LogP contribution in [0.4, 0.5) is 4.79 Å². The van der Waals surface area contributed by atoms with Crippen LogP contribution in [0.2, 0.25) is 0 Å². The first-order chi connectivity index (χ1) is 7.24. The van der Waals surface area contributed by atoms with Crippen LogP contribution >= 0.6 is 0 Å². The fourth-order valence-electron chi connectivity index (χ4n) is 1.68. The predicted octanol–water partition coefficient (Wildman–Crippen LogP) is 2.17. The number of rotatable bonds is 4. The molecule has 0 saturated heterocycles. The lowest BCUT2D eigenvalue weighted by atomic mass is 9.94. The van der Waals surface area contributed by atoms with Crippen LogP contribution in [0.5, 0.6) is 0 Å². The zero-order valence-electron chi connectivity index (χ0n) is 9.41. The molecule has 0 aromatic carbocycles. The Morgan fingerprint density at radius 2 is 2.47 bits per heavy atom. The maximum absolute atomic E-state index is 11.5. The molecule has 0 fully saturated rings. The van der Waals surface area contributed by atoms with Crippen molar-refractivity contribution in [1.82, 2.24) is 10.2 Å². The molecule has 0 bridgehead atoms. The van der Waals surface area contributed by atoms with Crippen molar-refractivity contribution in [2.24, 2.45) is 5.92 Å². The molecule has 1 aliphatic rings. The van der Waals surface area contributed by atoms with Gasteiger partial charge in [0.1, 0.15) is 0 Å². The van der Waals surface area contributed by atoms with E-state index in [9.17, 15) is 4.79 Å². The first-order valence-corrected chi connectivity index (χ1v) is 5.49. The van der Waals surface area contributed by atoms with E-state index in [4.69, 9.17) is 0 Å². The summed E-state index contributed by atoms with van der Waals surface area (Å²) in [7, 11) is 1.78. The van der Waals surface area contributed by atoms with Gasteiger partial charge in [0.15, 0.2) is 0 Å². The highest BCUT2D eigenvalue weighted by Crippen LogP contribution is 2.16. The summed E-state index contributed by atoms with van der Waals surface area (Å²) in [5, 5.41) is 2.94. The minimum Gasteiger partial charge on any atom is -0.338 e. The SMILES string of the molecule is C=CCN(C)C(=O)NC[C@H]1CC=CCC1. The Labute approximate surface area is 91.8 Å². The lowest BCUT2D eigenvalue weighted by Crippen LogP contribution is -2.39. The molecule has 84 valence electrons. The van der Waals surface area contributed by atoms with E-state index in [1.54, 1.807) is 18.0 Å². The average Bonchev–Trinajstić information content (AvgIpc) is 2.27. The number of hydrogen-bond acceptors (Lipinski definition) is 1. The molecule has 0 aromatic heterocycles. The number of amides is 2. The molecule has 3 nitrogen and oxygen atoms in total. The normalized spacial score (nSPS) is 19.7. The highest BCUT2D eigenvalue weighted by atomic mass is 16.2. The van der Waals surface area contributed by atoms with Gasteiger partial charge in [0.05, 0.1) is 0 Å². The summed E-state index contributed by atoms with van der Waals surface area (Å²) in [5.41, 5.74) is 0. The molecule has 1 aliphatic carbocycles. The fraction of sp³-hybridized carbons (Fsp3) is 0.583. The number of nitrogens with one attached hydrogen (secondary N) is 1. The van der Waals surface area contributed by atoms with E-state index in [0.29, 0.717) is 12.5 Å². The molecular weight excluding hydrogens is 188 g/mol. The van der Waals surface area contributed by atoms with E-state index < -0.39 is 0 Å². The minimum absolute atomic E-state index is 0.00977. The maximum Gasteiger partial charge on any atom is 0.317 e. The van der Waals surface area contributed by atoms with Crippen LogP contribution < -0.4 is 5.32 Å². The number of carbonyl (C=O) groups is 1. The lowest BCUT2D eigenvalue weighted by molar-refractivity contribution is 0.210. The van der Waals surface area contributed by atoms with Crippen molar-refractivity contribution in [3.05, 3.63) is 24.8 Å². The molecule has 1 rings (SSSR count). The summed E-state index contributed by atoms with van der Waals surface area (Å²) in [5.74, 6) is 0.607. The number of allylic oxidation sites excluding steroid dienone is 2. The van der Waals surface area contributed by atoms with Gasteiger partial charge < -0.3 is 10.2 Å². The van der Waals surface area contributed by atoms with Gasteiger partial charge in [-0.05, 0) is 25.2 Å². The number of urea groups is 1. The van der Waals surface area contributed by atoms with Crippen LogP contribution in [-0.2, 0) is 0 Å². The van der Waals surface area contributed by atoms with Gasteiger partial charge >= 0.3 is 6.03 Å². The Bertz CT molecular complexity index is 248. The van der Waals surface area contributed by atoms with Gasteiger partial charge in [-0.3, -0.25) is 0 Å². The van der Waals surface area contributed by atoms with E-state index >= 15 is 0 Å². The van der Waals surface area contributed by atoms with E-state index in [0.717, 1.165) is 19.4 Å². The van der Waals surface area contributed by atoms with E-state index in [-0.39, 0.29) is 6.03 Å². The molecule has 0 radical (unpaired) electrons. The zero-order valence-corrected chi connectivity index (χ0v) is 9.41. The largest absolute Gasteiger partial charge is 0.338 e. The second kappa shape index (κ2) is 6.27. The van der Waals surface area contributed by atoms with Crippen molar-refractivity contribution in [2.75, 3.05) is 20.1 Å². The van der Waals surface area contributed by atoms with Gasteiger partial charge in [-0.15, -0.1) is 6.58 Å². The number of likely N-dealkylation sites (N-methyl/N-ethyl adjacent to an activating group) is 1. The molecule has 0 aromatic rings. The summed E-state index contributed by atoms with van der Waals surface area (Å²) >= 11 is 0. The van der Waals surface area contributed by atoms with Gasteiger partial charge in [-0.1, -0.05) is 18.2 Å². The van der Waals surface area contributed by atoms with Gasteiger partial charge in [-0.2, -0.15) is 0 Å². The molecule has 0 aliphatic heterocycles. The Morgan fingerprint density at radius 3 is 3.07 bits per heavy atom. The van der Waals surface area contributed by atoms with Crippen LogP contribution in [0.15, 0.2) is 24.8 Å². The summed E-state index contributed by atoms with van der Waals surface area (Å²) in [6.07, 6.45) is 9.55. The number of nitrogens with zero attached hydrogens (tertiary/aromatic N) is 1. The maximum atomic E-state index is 11.5. The fourth-order valence-corrected chi connectivity index (χ4v) is 1.68. The standard InChI is InChI=1S/C12H20N2O/c1-3-9-14(2)12(15)13-10-11-7-5-4-6-8-11/h3-5,11H,1,6-10H2,2H3,(H,13,15)/t11-/m0/s1. The van der Waals surface area contributed by atoms with Crippen molar-refractivity contribution in [1.29, 1.82) is 0 Å². The Morgan fingerprint density at radius 1 is 1.67 bits per heavy atom. The van der Waals surface area contributed by atoms with Gasteiger partial charge in [0.25, 0.3) is 0 Å². The van der Waals surface area contributed by atoms with Crippen LogP contribution in [0.3, 0.4) is 0 Å². The first-order valence-electron chi connectivity index (χ1n) is 5.49. The number of carbonyl (C=O) groups excluding carboxylic acids is 1. The molecule has 3 heteroatoms. The van der Waals surface area contributed by atoms with Crippen LogP contribution in [0.25, 0.3) is 0 Å². The Kier molecular flexibility index (Phi) is 4.95. The van der Waals surface area contributed by atoms with E-state index in [2.05, 4.69) is 24.0 Å². The first kappa shape index (κ1) is 11.8. The van der Waals surface area contributed by atoms with Gasteiger partial charge in [-0.25, -0.2) is 4.79 Å². The summed E-state index contributed by atoms with van der Waals surface area (Å²) in [4.78, 5) is 13.2. The van der Waals surface area contributed by atoms with Crippen LogP contribution in [-0.4, -0.2) is 31.1 Å². The smallest absolute Gasteiger partial charge is 0.317 e. The molecule has 2 amide bonds. The second-order valence-electron chi connectivity index (χ2n) is 4.01. The third-order valence-electron chi connectivity index (χ3n) is 2.67. The molecule has 0 heterocycles. The van der Waals surface area contributed by atoms with Crippen molar-refractivity contribution in [3.8, 4) is 0 Å². The van der Waals surface area contributed by atoms with E-state index in [1.165, 1.54) is 6.42 Å². The minimum atomic E-state index is -0.00977. The van der Waals surface area contributed by atoms with Gasteiger partial charge in [0, 0.05) is 20.1 Å². The molecule has 0 spiro atoms. The molecular formula is C12H20N2O. The van der Waals surface area contributed by atoms with Crippen LogP contribution in [0.1, 0.15) is 19.3 Å². The zero-order chi connectivity index (χ0) is 11.1. The topological polar surface area (TPSA) is 32.3 Å². The Balaban J connectivity index is 2.21. The lowest BCUT2D eigenvalue weighted by Gasteiger charge is -2.21. The predicted molar refractivity (Wildman–Crippen MR) is 62.7 cm³/mol. The van der Waals surface area contributed by atoms with Crippen molar-refractivity contribution < 1.29 is 4.79 Å². The van der Waals surface area contributed by atoms with E-state index in [1.807, 2.05) is 0 Å². The molecule has 1 N–H and O–H groups in total. The highest BCUT2D eigenvalue weighted by Gasteiger charge is 2.12. The van der Waals surface area contributed by atoms with Crippen molar-refractivity contribution in [2.45, 2.75) is 19.3 Å². The second-order valence-corrected chi connectivity index (χ2v) is 4.01. The summed E-state index contributed by atoms with van der Waals surface area (Å²) in [6, 6.07) is -0.00977. The quantitative estimate of drug-likeness (QED) is 0.706. The molecule has 0 saturated carbocycles. The summed E-state index contributed by atoms with van der Waals surface area (Å²) in [6.45, 7) is 4.98. The Hall–Kier alpha value is -1.25.